The van der Waals surface area contributed by atoms with Crippen LogP contribution < -0.4 is 10.6 Å². The molecule has 2 N–H and O–H groups in total. The third kappa shape index (κ3) is 3.65. The van der Waals surface area contributed by atoms with Crippen LogP contribution in [0.2, 0.25) is 0 Å². The lowest BCUT2D eigenvalue weighted by molar-refractivity contribution is -0.123. The molecule has 0 bridgehead atoms. The molecule has 1 saturated heterocycles. The number of rotatable bonds is 4. The van der Waals surface area contributed by atoms with E-state index in [4.69, 9.17) is 9.15 Å². The maximum atomic E-state index is 13.3. The number of hydrogen-bond donors (Lipinski definition) is 2. The first kappa shape index (κ1) is 17.7. The highest BCUT2D eigenvalue weighted by atomic mass is 35.5. The quantitative estimate of drug-likeness (QED) is 0.895. The number of aryl methyl sites for hydroxylation is 1. The van der Waals surface area contributed by atoms with E-state index in [2.05, 4.69) is 10.6 Å². The van der Waals surface area contributed by atoms with Gasteiger partial charge in [-0.05, 0) is 31.5 Å². The van der Waals surface area contributed by atoms with E-state index < -0.39 is 0 Å². The van der Waals surface area contributed by atoms with Crippen LogP contribution in [0.3, 0.4) is 0 Å². The molecule has 1 fully saturated rings. The van der Waals surface area contributed by atoms with Crippen LogP contribution in [-0.2, 0) is 16.1 Å². The van der Waals surface area contributed by atoms with E-state index in [0.29, 0.717) is 24.3 Å². The van der Waals surface area contributed by atoms with Crippen LogP contribution in [0.1, 0.15) is 17.7 Å². The summed E-state index contributed by atoms with van der Waals surface area (Å²) in [5.74, 6) is 0.272. The number of ether oxygens (including phenoxy) is 1. The Kier molecular flexibility index (Phi) is 5.62. The van der Waals surface area contributed by atoms with Gasteiger partial charge in [0.2, 0.25) is 5.91 Å². The molecule has 126 valence electrons. The van der Waals surface area contributed by atoms with Crippen molar-refractivity contribution in [2.45, 2.75) is 32.0 Å². The highest BCUT2D eigenvalue weighted by molar-refractivity contribution is 5.85. The molecule has 3 rings (SSSR count). The lowest BCUT2D eigenvalue weighted by Gasteiger charge is -2.10. The van der Waals surface area contributed by atoms with Gasteiger partial charge in [-0.15, -0.1) is 12.4 Å². The van der Waals surface area contributed by atoms with E-state index in [1.807, 2.05) is 6.92 Å². The van der Waals surface area contributed by atoms with Crippen molar-refractivity contribution < 1.29 is 18.3 Å². The molecule has 2 atom stereocenters. The molecular weight excluding hydrogens is 323 g/mol. The van der Waals surface area contributed by atoms with Gasteiger partial charge in [-0.1, -0.05) is 0 Å². The summed E-state index contributed by atoms with van der Waals surface area (Å²) in [7, 11) is 1.64. The summed E-state index contributed by atoms with van der Waals surface area (Å²) in [4.78, 5) is 12.1. The Morgan fingerprint density at radius 3 is 3.00 bits per heavy atom. The van der Waals surface area contributed by atoms with Crippen molar-refractivity contribution in [3.8, 4) is 0 Å². The zero-order valence-electron chi connectivity index (χ0n) is 13.0. The minimum Gasteiger partial charge on any atom is -0.459 e. The Bertz CT molecular complexity index is 704. The van der Waals surface area contributed by atoms with Gasteiger partial charge in [-0.25, -0.2) is 4.39 Å². The molecule has 7 heteroatoms. The lowest BCUT2D eigenvalue weighted by Crippen LogP contribution is -2.40. The zero-order chi connectivity index (χ0) is 15.7. The van der Waals surface area contributed by atoms with Crippen LogP contribution in [0, 0.1) is 12.7 Å². The molecule has 23 heavy (non-hydrogen) atoms. The third-order valence-corrected chi connectivity index (χ3v) is 4.16. The lowest BCUT2D eigenvalue weighted by atomic mass is 10.1. The van der Waals surface area contributed by atoms with Crippen LogP contribution in [0.15, 0.2) is 22.6 Å². The van der Waals surface area contributed by atoms with Gasteiger partial charge in [0.05, 0.1) is 18.7 Å². The largest absolute Gasteiger partial charge is 0.459 e. The predicted octanol–water partition coefficient (Wildman–Crippen LogP) is 2.30. The van der Waals surface area contributed by atoms with Gasteiger partial charge in [0.1, 0.15) is 17.2 Å². The van der Waals surface area contributed by atoms with Gasteiger partial charge in [-0.2, -0.15) is 0 Å². The average molecular weight is 343 g/mol. The molecule has 2 aromatic rings. The van der Waals surface area contributed by atoms with E-state index in [9.17, 15) is 9.18 Å². The summed E-state index contributed by atoms with van der Waals surface area (Å²) in [5, 5.41) is 6.72. The number of halogens is 2. The van der Waals surface area contributed by atoms with Crippen LogP contribution in [0.25, 0.3) is 11.0 Å². The maximum Gasteiger partial charge on any atom is 0.237 e. The fourth-order valence-electron chi connectivity index (χ4n) is 2.79. The minimum atomic E-state index is -0.298. The Hall–Kier alpha value is -1.63. The Morgan fingerprint density at radius 1 is 1.52 bits per heavy atom. The van der Waals surface area contributed by atoms with E-state index >= 15 is 0 Å². The topological polar surface area (TPSA) is 63.5 Å². The second-order valence-corrected chi connectivity index (χ2v) is 5.56. The fraction of sp³-hybridized carbons (Fsp3) is 0.438. The summed E-state index contributed by atoms with van der Waals surface area (Å²) < 4.78 is 24.2. The Balaban J connectivity index is 0.00000192. The zero-order valence-corrected chi connectivity index (χ0v) is 13.8. The summed E-state index contributed by atoms with van der Waals surface area (Å²) in [6.45, 7) is 2.83. The molecule has 1 aromatic carbocycles. The van der Waals surface area contributed by atoms with E-state index in [-0.39, 0.29) is 42.8 Å². The smallest absolute Gasteiger partial charge is 0.237 e. The molecule has 0 saturated carbocycles. The number of carbonyl (C=O) groups excluding carboxylic acids is 1. The van der Waals surface area contributed by atoms with Gasteiger partial charge < -0.3 is 19.8 Å². The highest BCUT2D eigenvalue weighted by Gasteiger charge is 2.29. The van der Waals surface area contributed by atoms with Crippen molar-refractivity contribution in [2.24, 2.45) is 0 Å². The third-order valence-electron chi connectivity index (χ3n) is 4.16. The van der Waals surface area contributed by atoms with Crippen LogP contribution >= 0.6 is 12.4 Å². The number of furan rings is 1. The van der Waals surface area contributed by atoms with Gasteiger partial charge in [-0.3, -0.25) is 4.79 Å². The van der Waals surface area contributed by atoms with Crippen molar-refractivity contribution in [1.29, 1.82) is 0 Å². The molecule has 0 radical (unpaired) electrons. The first-order valence-corrected chi connectivity index (χ1v) is 7.30. The first-order valence-electron chi connectivity index (χ1n) is 7.30. The number of nitrogens with one attached hydrogen (secondary N) is 2. The van der Waals surface area contributed by atoms with Gasteiger partial charge in [0.25, 0.3) is 0 Å². The van der Waals surface area contributed by atoms with Gasteiger partial charge in [0, 0.05) is 24.6 Å². The standard InChI is InChI=1S/C16H19FN2O3.ClH/c1-9-12-5-10(17)3-4-14(12)22-15(9)8-19-16(20)13-6-11(21-2)7-18-13;/h3-5,11,13,18H,6-8H2,1-2H3,(H,19,20);1H/t11-,13-;/m0./s1. The van der Waals surface area contributed by atoms with Crippen molar-refractivity contribution >= 4 is 29.3 Å². The Morgan fingerprint density at radius 2 is 2.30 bits per heavy atom. The second kappa shape index (κ2) is 7.29. The molecule has 1 aliphatic heterocycles. The van der Waals surface area contributed by atoms with Gasteiger partial charge in [0.15, 0.2) is 0 Å². The van der Waals surface area contributed by atoms with Crippen molar-refractivity contribution in [2.75, 3.05) is 13.7 Å². The Labute approximate surface area is 140 Å². The summed E-state index contributed by atoms with van der Waals surface area (Å²) in [5.41, 5.74) is 1.48. The molecular formula is C16H20ClFN2O3. The molecule has 0 spiro atoms. The van der Waals surface area contributed by atoms with E-state index in [0.717, 1.165) is 10.9 Å². The number of carbonyl (C=O) groups is 1. The SMILES string of the molecule is CO[C@@H]1CN[C@H](C(=O)NCc2oc3ccc(F)cc3c2C)C1.Cl. The number of amides is 1. The van der Waals surface area contributed by atoms with Crippen LogP contribution in [-0.4, -0.2) is 31.7 Å². The molecule has 2 heterocycles. The normalized spacial score (nSPS) is 20.5. The summed E-state index contributed by atoms with van der Waals surface area (Å²) in [6.07, 6.45) is 0.735. The van der Waals surface area contributed by atoms with Gasteiger partial charge >= 0.3 is 0 Å². The molecule has 0 unspecified atom stereocenters. The maximum absolute atomic E-state index is 13.3. The van der Waals surface area contributed by atoms with Crippen LogP contribution in [0.4, 0.5) is 4.39 Å². The molecule has 5 nitrogen and oxygen atoms in total. The fourth-order valence-corrected chi connectivity index (χ4v) is 2.79. The number of hydrogen-bond acceptors (Lipinski definition) is 4. The minimum absolute atomic E-state index is 0. The first-order chi connectivity index (χ1) is 10.6. The molecule has 1 aliphatic rings. The monoisotopic (exact) mass is 342 g/mol. The van der Waals surface area contributed by atoms with E-state index in [1.165, 1.54) is 12.1 Å². The molecule has 1 aromatic heterocycles. The predicted molar refractivity (Wildman–Crippen MR) is 87.2 cm³/mol. The van der Waals surface area contributed by atoms with Crippen molar-refractivity contribution in [3.63, 3.8) is 0 Å². The average Bonchev–Trinajstić information content (AvgIpc) is 3.11. The number of methoxy groups -OCH3 is 1. The molecule has 1 amide bonds. The van der Waals surface area contributed by atoms with Crippen LogP contribution in [0.5, 0.6) is 0 Å². The summed E-state index contributed by atoms with van der Waals surface area (Å²) in [6, 6.07) is 4.17. The summed E-state index contributed by atoms with van der Waals surface area (Å²) >= 11 is 0. The second-order valence-electron chi connectivity index (χ2n) is 5.56. The van der Waals surface area contributed by atoms with E-state index in [1.54, 1.807) is 13.2 Å². The van der Waals surface area contributed by atoms with Crippen molar-refractivity contribution in [1.82, 2.24) is 10.6 Å². The number of benzene rings is 1. The number of fused-ring (bicyclic) bond motifs is 1. The van der Waals surface area contributed by atoms with Crippen molar-refractivity contribution in [3.05, 3.63) is 35.3 Å². The molecule has 0 aliphatic carbocycles. The highest BCUT2D eigenvalue weighted by Crippen LogP contribution is 2.25.